The van der Waals surface area contributed by atoms with Crippen molar-refractivity contribution in [2.45, 2.75) is 26.8 Å². The van der Waals surface area contributed by atoms with E-state index in [2.05, 4.69) is 17.2 Å². The Morgan fingerprint density at radius 1 is 1.37 bits per heavy atom. The molecular formula is C13H21Cl2N3O. The van der Waals surface area contributed by atoms with Crippen LogP contribution in [-0.2, 0) is 0 Å². The van der Waals surface area contributed by atoms with Crippen molar-refractivity contribution in [1.29, 1.82) is 0 Å². The number of piperazine rings is 1. The van der Waals surface area contributed by atoms with Gasteiger partial charge in [-0.05, 0) is 32.9 Å². The van der Waals surface area contributed by atoms with E-state index in [9.17, 15) is 4.79 Å². The zero-order valence-electron chi connectivity index (χ0n) is 11.5. The van der Waals surface area contributed by atoms with Gasteiger partial charge in [-0.2, -0.15) is 0 Å². The summed E-state index contributed by atoms with van der Waals surface area (Å²) in [6.07, 6.45) is 0. The predicted molar refractivity (Wildman–Crippen MR) is 81.6 cm³/mol. The van der Waals surface area contributed by atoms with E-state index in [-0.39, 0.29) is 30.7 Å². The third kappa shape index (κ3) is 4.34. The standard InChI is InChI=1S/C13H19N3O.2ClH/c1-9-4-5-12(11(3)15-9)13(17)16-7-6-14-10(2)8-16;;/h4-5,10,14H,6-8H2,1-3H3;2*1H/t10-;;/m1../s1. The number of aromatic nitrogens is 1. The maximum absolute atomic E-state index is 12.3. The first-order valence-corrected chi connectivity index (χ1v) is 6.05. The molecule has 108 valence electrons. The molecule has 0 bridgehead atoms. The molecule has 1 N–H and O–H groups in total. The van der Waals surface area contributed by atoms with Gasteiger partial charge in [0.25, 0.3) is 5.91 Å². The number of nitrogens with zero attached hydrogens (tertiary/aromatic N) is 2. The van der Waals surface area contributed by atoms with E-state index in [1.165, 1.54) is 0 Å². The Labute approximate surface area is 126 Å². The van der Waals surface area contributed by atoms with Gasteiger partial charge in [-0.1, -0.05) is 0 Å². The number of carbonyl (C=O) groups excluding carboxylic acids is 1. The highest BCUT2D eigenvalue weighted by Crippen LogP contribution is 2.11. The van der Waals surface area contributed by atoms with E-state index >= 15 is 0 Å². The quantitative estimate of drug-likeness (QED) is 0.863. The normalized spacial score (nSPS) is 18.3. The lowest BCUT2D eigenvalue weighted by atomic mass is 10.1. The van der Waals surface area contributed by atoms with Crippen LogP contribution in [0.15, 0.2) is 12.1 Å². The number of aryl methyl sites for hydroxylation is 2. The Hall–Kier alpha value is -0.840. The van der Waals surface area contributed by atoms with Gasteiger partial charge in [0.1, 0.15) is 0 Å². The molecule has 1 aliphatic rings. The molecule has 0 aromatic carbocycles. The highest BCUT2D eigenvalue weighted by atomic mass is 35.5. The molecule has 1 fully saturated rings. The smallest absolute Gasteiger partial charge is 0.255 e. The molecule has 0 radical (unpaired) electrons. The van der Waals surface area contributed by atoms with Crippen LogP contribution in [0.5, 0.6) is 0 Å². The van der Waals surface area contributed by atoms with Crippen LogP contribution in [0.25, 0.3) is 0 Å². The molecule has 2 rings (SSSR count). The van der Waals surface area contributed by atoms with Gasteiger partial charge in [-0.15, -0.1) is 24.8 Å². The van der Waals surface area contributed by atoms with E-state index in [0.29, 0.717) is 6.04 Å². The second kappa shape index (κ2) is 7.68. The average molecular weight is 306 g/mol. The maximum atomic E-state index is 12.3. The molecule has 1 aromatic heterocycles. The molecule has 0 spiro atoms. The average Bonchev–Trinajstić information content (AvgIpc) is 2.28. The van der Waals surface area contributed by atoms with Gasteiger partial charge in [-0.25, -0.2) is 0 Å². The zero-order valence-corrected chi connectivity index (χ0v) is 13.1. The molecule has 1 saturated heterocycles. The Balaban J connectivity index is 0.00000162. The van der Waals surface area contributed by atoms with E-state index in [1.54, 1.807) is 0 Å². The van der Waals surface area contributed by atoms with Crippen LogP contribution in [0.4, 0.5) is 0 Å². The summed E-state index contributed by atoms with van der Waals surface area (Å²) in [7, 11) is 0. The summed E-state index contributed by atoms with van der Waals surface area (Å²) < 4.78 is 0. The number of hydrogen-bond acceptors (Lipinski definition) is 3. The van der Waals surface area contributed by atoms with Crippen LogP contribution in [0.2, 0.25) is 0 Å². The number of nitrogens with one attached hydrogen (secondary N) is 1. The highest BCUT2D eigenvalue weighted by Gasteiger charge is 2.22. The number of halogens is 2. The van der Waals surface area contributed by atoms with Gasteiger partial charge in [-0.3, -0.25) is 9.78 Å². The Morgan fingerprint density at radius 3 is 2.63 bits per heavy atom. The van der Waals surface area contributed by atoms with Crippen molar-refractivity contribution in [3.63, 3.8) is 0 Å². The minimum absolute atomic E-state index is 0. The second-order valence-electron chi connectivity index (χ2n) is 4.69. The first kappa shape index (κ1) is 18.2. The number of carbonyl (C=O) groups is 1. The summed E-state index contributed by atoms with van der Waals surface area (Å²) in [5.41, 5.74) is 2.50. The number of hydrogen-bond donors (Lipinski definition) is 1. The number of pyridine rings is 1. The molecule has 1 aliphatic heterocycles. The Morgan fingerprint density at radius 2 is 2.05 bits per heavy atom. The molecular weight excluding hydrogens is 285 g/mol. The SMILES string of the molecule is Cc1ccc(C(=O)N2CCN[C@H](C)C2)c(C)n1.Cl.Cl. The van der Waals surface area contributed by atoms with Crippen LogP contribution in [0.1, 0.15) is 28.7 Å². The van der Waals surface area contributed by atoms with Crippen molar-refractivity contribution in [2.24, 2.45) is 0 Å². The van der Waals surface area contributed by atoms with Crippen molar-refractivity contribution in [2.75, 3.05) is 19.6 Å². The fourth-order valence-corrected chi connectivity index (χ4v) is 2.20. The van der Waals surface area contributed by atoms with E-state index < -0.39 is 0 Å². The lowest BCUT2D eigenvalue weighted by molar-refractivity contribution is 0.0708. The molecule has 6 heteroatoms. The fraction of sp³-hybridized carbons (Fsp3) is 0.538. The molecule has 0 aliphatic carbocycles. The van der Waals surface area contributed by atoms with Crippen molar-refractivity contribution in [1.82, 2.24) is 15.2 Å². The van der Waals surface area contributed by atoms with Gasteiger partial charge in [0.15, 0.2) is 0 Å². The molecule has 1 aromatic rings. The third-order valence-electron chi connectivity index (χ3n) is 3.11. The van der Waals surface area contributed by atoms with Gasteiger partial charge in [0, 0.05) is 31.4 Å². The van der Waals surface area contributed by atoms with Gasteiger partial charge in [0.05, 0.1) is 11.3 Å². The largest absolute Gasteiger partial charge is 0.336 e. The van der Waals surface area contributed by atoms with Crippen LogP contribution in [-0.4, -0.2) is 41.5 Å². The van der Waals surface area contributed by atoms with Crippen molar-refractivity contribution in [3.8, 4) is 0 Å². The molecule has 0 unspecified atom stereocenters. The molecule has 2 heterocycles. The third-order valence-corrected chi connectivity index (χ3v) is 3.11. The molecule has 19 heavy (non-hydrogen) atoms. The summed E-state index contributed by atoms with van der Waals surface area (Å²) >= 11 is 0. The van der Waals surface area contributed by atoms with E-state index in [1.807, 2.05) is 30.9 Å². The Bertz CT molecular complexity index is 440. The first-order valence-electron chi connectivity index (χ1n) is 6.05. The lowest BCUT2D eigenvalue weighted by Gasteiger charge is -2.32. The minimum atomic E-state index is 0. The van der Waals surface area contributed by atoms with Crippen LogP contribution in [0.3, 0.4) is 0 Å². The van der Waals surface area contributed by atoms with Crippen molar-refractivity contribution in [3.05, 3.63) is 29.1 Å². The van der Waals surface area contributed by atoms with Crippen molar-refractivity contribution >= 4 is 30.7 Å². The minimum Gasteiger partial charge on any atom is -0.336 e. The van der Waals surface area contributed by atoms with E-state index in [4.69, 9.17) is 0 Å². The molecule has 0 saturated carbocycles. The molecule has 4 nitrogen and oxygen atoms in total. The summed E-state index contributed by atoms with van der Waals surface area (Å²) in [4.78, 5) is 18.6. The highest BCUT2D eigenvalue weighted by molar-refractivity contribution is 5.95. The van der Waals surface area contributed by atoms with Crippen molar-refractivity contribution < 1.29 is 4.79 Å². The predicted octanol–water partition coefficient (Wildman–Crippen LogP) is 1.98. The topological polar surface area (TPSA) is 45.2 Å². The van der Waals surface area contributed by atoms with Crippen LogP contribution >= 0.6 is 24.8 Å². The fourth-order valence-electron chi connectivity index (χ4n) is 2.20. The summed E-state index contributed by atoms with van der Waals surface area (Å²) in [6.45, 7) is 8.34. The maximum Gasteiger partial charge on any atom is 0.255 e. The van der Waals surface area contributed by atoms with E-state index in [0.717, 1.165) is 36.6 Å². The molecule has 1 atom stereocenters. The Kier molecular flexibility index (Phi) is 7.34. The zero-order chi connectivity index (χ0) is 12.4. The summed E-state index contributed by atoms with van der Waals surface area (Å²) in [5.74, 6) is 0.100. The summed E-state index contributed by atoms with van der Waals surface area (Å²) in [6, 6.07) is 4.14. The molecule has 1 amide bonds. The monoisotopic (exact) mass is 305 g/mol. The number of rotatable bonds is 1. The van der Waals surface area contributed by atoms with Crippen LogP contribution < -0.4 is 5.32 Å². The van der Waals surface area contributed by atoms with Gasteiger partial charge < -0.3 is 10.2 Å². The lowest BCUT2D eigenvalue weighted by Crippen LogP contribution is -2.51. The summed E-state index contributed by atoms with van der Waals surface area (Å²) in [5, 5.41) is 3.33. The van der Waals surface area contributed by atoms with Gasteiger partial charge in [0.2, 0.25) is 0 Å². The first-order chi connectivity index (χ1) is 8.08. The van der Waals surface area contributed by atoms with Crippen LogP contribution in [0, 0.1) is 13.8 Å². The second-order valence-corrected chi connectivity index (χ2v) is 4.69. The number of amides is 1. The van der Waals surface area contributed by atoms with Gasteiger partial charge >= 0.3 is 0 Å².